The van der Waals surface area contributed by atoms with E-state index in [0.29, 0.717) is 17.8 Å². The molecule has 0 radical (unpaired) electrons. The maximum atomic E-state index is 14.1. The summed E-state index contributed by atoms with van der Waals surface area (Å²) in [7, 11) is 2.47. The number of hydrogen-bond donors (Lipinski definition) is 1. The highest BCUT2D eigenvalue weighted by Crippen LogP contribution is 2.37. The van der Waals surface area contributed by atoms with Crippen molar-refractivity contribution < 1.29 is 38.1 Å². The van der Waals surface area contributed by atoms with Gasteiger partial charge in [-0.1, -0.05) is 0 Å². The molecule has 0 fully saturated rings. The summed E-state index contributed by atoms with van der Waals surface area (Å²) in [5.74, 6) is -2.82. The molecular weight excluding hydrogens is 511 g/mol. The Morgan fingerprint density at radius 2 is 1.47 bits per heavy atom. The number of amides is 1. The van der Waals surface area contributed by atoms with Crippen molar-refractivity contribution in [3.8, 4) is 0 Å². The van der Waals surface area contributed by atoms with Gasteiger partial charge in [0.25, 0.3) is 0 Å². The molecule has 0 unspecified atom stereocenters. The number of nitrogens with one attached hydrogen (secondary N) is 1. The van der Waals surface area contributed by atoms with Crippen LogP contribution in [0.25, 0.3) is 0 Å². The zero-order chi connectivity index (χ0) is 28.4. The van der Waals surface area contributed by atoms with Crippen LogP contribution in [0.1, 0.15) is 19.8 Å². The minimum Gasteiger partial charge on any atom is -0.469 e. The van der Waals surface area contributed by atoms with Crippen LogP contribution in [0.3, 0.4) is 0 Å². The SMILES string of the molecule is COC(=O)CCN(CCC(=O)OC)c1ccc(/N=N/c2cc(F)c([N+](=O)[O-])cc2[N+](=O)[O-])c(NC(C)=O)c1. The number of halogens is 1. The number of nitro groups is 2. The van der Waals surface area contributed by atoms with E-state index in [4.69, 9.17) is 0 Å². The number of nitro benzene ring substituents is 2. The maximum Gasteiger partial charge on any atom is 0.311 e. The Labute approximate surface area is 214 Å². The standard InChI is InChI=1S/C22H23FN6O9/c1-13(30)24-17-10-14(27(8-6-21(31)37-2)9-7-22(32)38-3)4-5-16(17)25-26-18-11-15(23)19(28(33)34)12-20(18)29(35)36/h4-5,10-12H,6-9H2,1-3H3,(H,24,30)/b26-25+. The van der Waals surface area contributed by atoms with Crippen molar-refractivity contribution >= 4 is 52.0 Å². The summed E-state index contributed by atoms with van der Waals surface area (Å²) in [5.41, 5.74) is -1.96. The second-order valence-corrected chi connectivity index (χ2v) is 7.53. The average Bonchev–Trinajstić information content (AvgIpc) is 2.86. The van der Waals surface area contributed by atoms with Gasteiger partial charge in [0.15, 0.2) is 5.69 Å². The molecule has 0 aromatic heterocycles. The van der Waals surface area contributed by atoms with E-state index in [1.807, 2.05) is 0 Å². The lowest BCUT2D eigenvalue weighted by atomic mass is 10.2. The van der Waals surface area contributed by atoms with Gasteiger partial charge in [0.1, 0.15) is 5.69 Å². The molecule has 0 saturated carbocycles. The molecule has 0 saturated heterocycles. The van der Waals surface area contributed by atoms with Crippen LogP contribution in [0.4, 0.5) is 38.5 Å². The molecule has 0 heterocycles. The van der Waals surface area contributed by atoms with E-state index >= 15 is 0 Å². The maximum absolute atomic E-state index is 14.1. The smallest absolute Gasteiger partial charge is 0.311 e. The van der Waals surface area contributed by atoms with Gasteiger partial charge in [0.05, 0.1) is 48.7 Å². The van der Waals surface area contributed by atoms with E-state index in [9.17, 15) is 39.0 Å². The van der Waals surface area contributed by atoms with Crippen LogP contribution in [0.5, 0.6) is 0 Å². The first-order valence-electron chi connectivity index (χ1n) is 10.8. The molecule has 0 atom stereocenters. The topological polar surface area (TPSA) is 196 Å². The molecule has 1 N–H and O–H groups in total. The fraction of sp³-hybridized carbons (Fsp3) is 0.318. The Kier molecular flexibility index (Phi) is 10.2. The van der Waals surface area contributed by atoms with Crippen LogP contribution in [-0.2, 0) is 23.9 Å². The second-order valence-electron chi connectivity index (χ2n) is 7.53. The normalized spacial score (nSPS) is 10.6. The predicted octanol–water partition coefficient (Wildman–Crippen LogP) is 3.95. The molecule has 15 nitrogen and oxygen atoms in total. The number of azo groups is 1. The molecular formula is C22H23FN6O9. The van der Waals surface area contributed by atoms with E-state index < -0.39 is 50.6 Å². The van der Waals surface area contributed by atoms with Crippen molar-refractivity contribution in [1.82, 2.24) is 0 Å². The molecule has 16 heteroatoms. The molecule has 38 heavy (non-hydrogen) atoms. The lowest BCUT2D eigenvalue weighted by Gasteiger charge is -2.25. The van der Waals surface area contributed by atoms with Gasteiger partial charge in [-0.3, -0.25) is 34.6 Å². The zero-order valence-electron chi connectivity index (χ0n) is 20.5. The summed E-state index contributed by atoms with van der Waals surface area (Å²) in [6, 6.07) is 5.32. The van der Waals surface area contributed by atoms with Crippen molar-refractivity contribution in [2.24, 2.45) is 10.2 Å². The zero-order valence-corrected chi connectivity index (χ0v) is 20.5. The van der Waals surface area contributed by atoms with Crippen molar-refractivity contribution in [3.05, 3.63) is 56.4 Å². The van der Waals surface area contributed by atoms with Gasteiger partial charge in [-0.15, -0.1) is 10.2 Å². The van der Waals surface area contributed by atoms with Gasteiger partial charge in [-0.25, -0.2) is 0 Å². The van der Waals surface area contributed by atoms with Crippen LogP contribution in [0, 0.1) is 26.0 Å². The van der Waals surface area contributed by atoms with Crippen LogP contribution < -0.4 is 10.2 Å². The first-order valence-corrected chi connectivity index (χ1v) is 10.8. The highest BCUT2D eigenvalue weighted by atomic mass is 19.1. The average molecular weight is 534 g/mol. The number of methoxy groups -OCH3 is 2. The third-order valence-electron chi connectivity index (χ3n) is 4.99. The number of carbonyl (C=O) groups excluding carboxylic acids is 3. The largest absolute Gasteiger partial charge is 0.469 e. The molecule has 0 aliphatic heterocycles. The highest BCUT2D eigenvalue weighted by Gasteiger charge is 2.25. The van der Waals surface area contributed by atoms with E-state index in [0.717, 1.165) is 0 Å². The van der Waals surface area contributed by atoms with Crippen LogP contribution >= 0.6 is 0 Å². The van der Waals surface area contributed by atoms with Gasteiger partial charge < -0.3 is 19.7 Å². The number of hydrogen-bond acceptors (Lipinski definition) is 12. The van der Waals surface area contributed by atoms with E-state index in [1.165, 1.54) is 39.3 Å². The lowest BCUT2D eigenvalue weighted by molar-refractivity contribution is -0.395. The van der Waals surface area contributed by atoms with Gasteiger partial charge in [-0.05, 0) is 18.2 Å². The Morgan fingerprint density at radius 3 is 1.97 bits per heavy atom. The van der Waals surface area contributed by atoms with E-state index in [1.54, 1.807) is 4.90 Å². The minimum atomic E-state index is -1.35. The molecule has 1 amide bonds. The summed E-state index contributed by atoms with van der Waals surface area (Å²) in [6.45, 7) is 1.52. The fourth-order valence-electron chi connectivity index (χ4n) is 3.14. The number of esters is 2. The Bertz CT molecular complexity index is 1260. The number of carbonyl (C=O) groups is 3. The second kappa shape index (κ2) is 13.3. The first-order chi connectivity index (χ1) is 18.0. The highest BCUT2D eigenvalue weighted by molar-refractivity contribution is 5.93. The quantitative estimate of drug-likeness (QED) is 0.180. The predicted molar refractivity (Wildman–Crippen MR) is 130 cm³/mol. The Balaban J connectivity index is 2.49. The summed E-state index contributed by atoms with van der Waals surface area (Å²) < 4.78 is 23.4. The lowest BCUT2D eigenvalue weighted by Crippen LogP contribution is -2.29. The van der Waals surface area contributed by atoms with Gasteiger partial charge in [0.2, 0.25) is 11.7 Å². The number of benzene rings is 2. The van der Waals surface area contributed by atoms with Crippen LogP contribution in [0.15, 0.2) is 40.6 Å². The third kappa shape index (κ3) is 8.00. The monoisotopic (exact) mass is 534 g/mol. The number of ether oxygens (including phenoxy) is 2. The molecule has 2 rings (SSSR count). The molecule has 202 valence electrons. The molecule has 0 spiro atoms. The van der Waals surface area contributed by atoms with Gasteiger partial charge in [0, 0.05) is 31.8 Å². The van der Waals surface area contributed by atoms with Crippen molar-refractivity contribution in [3.63, 3.8) is 0 Å². The minimum absolute atomic E-state index is 0.00994. The summed E-state index contributed by atoms with van der Waals surface area (Å²) in [4.78, 5) is 56.9. The van der Waals surface area contributed by atoms with Crippen molar-refractivity contribution in [2.45, 2.75) is 19.8 Å². The van der Waals surface area contributed by atoms with Gasteiger partial charge >= 0.3 is 23.3 Å². The van der Waals surface area contributed by atoms with E-state index in [2.05, 4.69) is 25.0 Å². The first kappa shape index (κ1) is 29.2. The fourth-order valence-corrected chi connectivity index (χ4v) is 3.14. The molecule has 0 aliphatic rings. The number of nitrogens with zero attached hydrogens (tertiary/aromatic N) is 5. The molecule has 2 aromatic carbocycles. The summed E-state index contributed by atoms with van der Waals surface area (Å²) >= 11 is 0. The van der Waals surface area contributed by atoms with Crippen LogP contribution in [0.2, 0.25) is 0 Å². The van der Waals surface area contributed by atoms with Crippen molar-refractivity contribution in [1.29, 1.82) is 0 Å². The Morgan fingerprint density at radius 1 is 0.921 bits per heavy atom. The molecule has 2 aromatic rings. The van der Waals surface area contributed by atoms with Crippen molar-refractivity contribution in [2.75, 3.05) is 37.5 Å². The number of rotatable bonds is 12. The summed E-state index contributed by atoms with van der Waals surface area (Å²) in [5, 5.41) is 32.3. The van der Waals surface area contributed by atoms with E-state index in [-0.39, 0.29) is 37.3 Å². The molecule has 0 bridgehead atoms. The Hall–Kier alpha value is -5.02. The van der Waals surface area contributed by atoms with Gasteiger partial charge in [-0.2, -0.15) is 4.39 Å². The van der Waals surface area contributed by atoms with Crippen LogP contribution in [-0.4, -0.2) is 55.0 Å². The summed E-state index contributed by atoms with van der Waals surface area (Å²) in [6.07, 6.45) is -0.0199. The third-order valence-corrected chi connectivity index (χ3v) is 4.99. The number of anilines is 2. The molecule has 0 aliphatic carbocycles.